The predicted octanol–water partition coefficient (Wildman–Crippen LogP) is 2.72. The van der Waals surface area contributed by atoms with Gasteiger partial charge >= 0.3 is 5.69 Å². The Morgan fingerprint density at radius 3 is 2.33 bits per heavy atom. The summed E-state index contributed by atoms with van der Waals surface area (Å²) in [5.74, 6) is 0. The molecule has 0 saturated carbocycles. The summed E-state index contributed by atoms with van der Waals surface area (Å²) in [6.45, 7) is 8.54. The van der Waals surface area contributed by atoms with Crippen LogP contribution in [0.25, 0.3) is 0 Å². The molecular weight excluding hydrogens is 262 g/mol. The van der Waals surface area contributed by atoms with E-state index >= 15 is 0 Å². The first-order valence-electron chi connectivity index (χ1n) is 7.71. The number of benzene rings is 1. The van der Waals surface area contributed by atoms with Gasteiger partial charge in [0.15, 0.2) is 0 Å². The van der Waals surface area contributed by atoms with E-state index < -0.39 is 0 Å². The van der Waals surface area contributed by atoms with Crippen LogP contribution in [0.1, 0.15) is 37.4 Å². The van der Waals surface area contributed by atoms with E-state index in [9.17, 15) is 4.79 Å². The Hall–Kier alpha value is -1.81. The zero-order valence-electron chi connectivity index (χ0n) is 13.2. The molecule has 2 aromatic rings. The molecule has 4 heteroatoms. The topological polar surface area (TPSA) is 39.0 Å². The van der Waals surface area contributed by atoms with Crippen LogP contribution in [-0.4, -0.2) is 15.7 Å². The van der Waals surface area contributed by atoms with Gasteiger partial charge in [0, 0.05) is 25.5 Å². The average molecular weight is 287 g/mol. The lowest BCUT2D eigenvalue weighted by Crippen LogP contribution is -2.31. The van der Waals surface area contributed by atoms with Gasteiger partial charge in [0.2, 0.25) is 0 Å². The first kappa shape index (κ1) is 15.6. The van der Waals surface area contributed by atoms with Gasteiger partial charge in [0.05, 0.1) is 6.04 Å². The summed E-state index contributed by atoms with van der Waals surface area (Å²) in [5, 5.41) is 3.54. The van der Waals surface area contributed by atoms with Crippen LogP contribution < -0.4 is 11.0 Å². The maximum absolute atomic E-state index is 12.2. The molecule has 1 aromatic heterocycles. The molecule has 0 amide bonds. The van der Waals surface area contributed by atoms with Crippen molar-refractivity contribution in [2.45, 2.75) is 46.3 Å². The molecular formula is C17H25N3O. The molecule has 114 valence electrons. The van der Waals surface area contributed by atoms with Gasteiger partial charge in [-0.05, 0) is 32.4 Å². The Morgan fingerprint density at radius 1 is 1.10 bits per heavy atom. The van der Waals surface area contributed by atoms with Gasteiger partial charge in [-0.15, -0.1) is 0 Å². The van der Waals surface area contributed by atoms with Gasteiger partial charge < -0.3 is 5.32 Å². The largest absolute Gasteiger partial charge is 0.328 e. The van der Waals surface area contributed by atoms with Crippen molar-refractivity contribution in [1.82, 2.24) is 14.5 Å². The smallest absolute Gasteiger partial charge is 0.308 e. The normalized spacial score (nSPS) is 12.5. The Morgan fingerprint density at radius 2 is 1.76 bits per heavy atom. The summed E-state index contributed by atoms with van der Waals surface area (Å²) >= 11 is 0. The standard InChI is InChI=1S/C17H25N3O/c1-4-10-18-16(15-8-6-14(3)7-9-15)13-20-12-11-19(5-2)17(20)21/h6-9,11-12,16,18H,4-5,10,13H2,1-3H3. The van der Waals surface area contributed by atoms with Crippen LogP contribution in [-0.2, 0) is 13.1 Å². The van der Waals surface area contributed by atoms with Crippen molar-refractivity contribution in [3.63, 3.8) is 0 Å². The van der Waals surface area contributed by atoms with Crippen LogP contribution in [0.4, 0.5) is 0 Å². The number of rotatable bonds is 7. The minimum absolute atomic E-state index is 0.0629. The number of nitrogens with one attached hydrogen (secondary N) is 1. The number of aromatic nitrogens is 2. The maximum atomic E-state index is 12.2. The molecule has 0 aliphatic rings. The maximum Gasteiger partial charge on any atom is 0.328 e. The lowest BCUT2D eigenvalue weighted by molar-refractivity contribution is 0.452. The lowest BCUT2D eigenvalue weighted by Gasteiger charge is -2.19. The van der Waals surface area contributed by atoms with Gasteiger partial charge in [-0.2, -0.15) is 0 Å². The third-order valence-corrected chi connectivity index (χ3v) is 3.76. The van der Waals surface area contributed by atoms with E-state index in [0.717, 1.165) is 13.0 Å². The number of hydrogen-bond acceptors (Lipinski definition) is 2. The molecule has 2 rings (SSSR count). The predicted molar refractivity (Wildman–Crippen MR) is 86.6 cm³/mol. The molecule has 0 aliphatic carbocycles. The molecule has 1 N–H and O–H groups in total. The van der Waals surface area contributed by atoms with E-state index in [-0.39, 0.29) is 11.7 Å². The fraction of sp³-hybridized carbons (Fsp3) is 0.471. The summed E-state index contributed by atoms with van der Waals surface area (Å²) in [4.78, 5) is 12.2. The first-order valence-corrected chi connectivity index (χ1v) is 7.71. The highest BCUT2D eigenvalue weighted by atomic mass is 16.1. The molecule has 0 fully saturated rings. The zero-order chi connectivity index (χ0) is 15.2. The SMILES string of the molecule is CCCNC(Cn1ccn(CC)c1=O)c1ccc(C)cc1. The van der Waals surface area contributed by atoms with Crippen molar-refractivity contribution in [1.29, 1.82) is 0 Å². The highest BCUT2D eigenvalue weighted by molar-refractivity contribution is 5.24. The van der Waals surface area contributed by atoms with Crippen molar-refractivity contribution in [3.05, 3.63) is 58.3 Å². The quantitative estimate of drug-likeness (QED) is 0.850. The van der Waals surface area contributed by atoms with E-state index in [1.807, 2.05) is 19.3 Å². The summed E-state index contributed by atoms with van der Waals surface area (Å²) < 4.78 is 3.52. The van der Waals surface area contributed by atoms with Crippen molar-refractivity contribution in [3.8, 4) is 0 Å². The number of imidazole rings is 1. The second-order valence-corrected chi connectivity index (χ2v) is 5.44. The van der Waals surface area contributed by atoms with Crippen LogP contribution in [0.3, 0.4) is 0 Å². The zero-order valence-corrected chi connectivity index (χ0v) is 13.2. The van der Waals surface area contributed by atoms with Gasteiger partial charge in [0.25, 0.3) is 0 Å². The average Bonchev–Trinajstić information content (AvgIpc) is 2.85. The van der Waals surface area contributed by atoms with Crippen LogP contribution in [0, 0.1) is 6.92 Å². The van der Waals surface area contributed by atoms with Gasteiger partial charge in [-0.25, -0.2) is 4.79 Å². The number of aryl methyl sites for hydroxylation is 2. The Kier molecular flexibility index (Phi) is 5.39. The van der Waals surface area contributed by atoms with Crippen molar-refractivity contribution in [2.24, 2.45) is 0 Å². The van der Waals surface area contributed by atoms with Gasteiger partial charge in [0.1, 0.15) is 0 Å². The van der Waals surface area contributed by atoms with Crippen LogP contribution in [0.2, 0.25) is 0 Å². The highest BCUT2D eigenvalue weighted by Crippen LogP contribution is 2.15. The van der Waals surface area contributed by atoms with E-state index in [0.29, 0.717) is 13.1 Å². The second kappa shape index (κ2) is 7.27. The van der Waals surface area contributed by atoms with Gasteiger partial charge in [-0.3, -0.25) is 9.13 Å². The van der Waals surface area contributed by atoms with Crippen molar-refractivity contribution in [2.75, 3.05) is 6.54 Å². The summed E-state index contributed by atoms with van der Waals surface area (Å²) in [5.41, 5.74) is 2.54. The summed E-state index contributed by atoms with van der Waals surface area (Å²) in [6.07, 6.45) is 4.81. The van der Waals surface area contributed by atoms with E-state index in [1.165, 1.54) is 11.1 Å². The molecule has 1 aromatic carbocycles. The monoisotopic (exact) mass is 287 g/mol. The van der Waals surface area contributed by atoms with Crippen LogP contribution in [0.5, 0.6) is 0 Å². The number of nitrogens with zero attached hydrogens (tertiary/aromatic N) is 2. The molecule has 21 heavy (non-hydrogen) atoms. The number of hydrogen-bond donors (Lipinski definition) is 1. The third kappa shape index (κ3) is 3.85. The minimum Gasteiger partial charge on any atom is -0.308 e. The van der Waals surface area contributed by atoms with E-state index in [2.05, 4.69) is 43.4 Å². The van der Waals surface area contributed by atoms with E-state index in [1.54, 1.807) is 9.13 Å². The molecule has 4 nitrogen and oxygen atoms in total. The molecule has 0 spiro atoms. The highest BCUT2D eigenvalue weighted by Gasteiger charge is 2.13. The fourth-order valence-corrected chi connectivity index (χ4v) is 2.43. The Balaban J connectivity index is 2.21. The Labute approximate surface area is 126 Å². The van der Waals surface area contributed by atoms with Crippen LogP contribution >= 0.6 is 0 Å². The summed E-state index contributed by atoms with van der Waals surface area (Å²) in [7, 11) is 0. The molecule has 0 bridgehead atoms. The molecule has 1 heterocycles. The third-order valence-electron chi connectivity index (χ3n) is 3.76. The Bertz CT molecular complexity index is 610. The molecule has 0 saturated heterocycles. The minimum atomic E-state index is 0.0629. The first-order chi connectivity index (χ1) is 10.2. The lowest BCUT2D eigenvalue weighted by atomic mass is 10.0. The van der Waals surface area contributed by atoms with Crippen molar-refractivity contribution >= 4 is 0 Å². The van der Waals surface area contributed by atoms with Crippen molar-refractivity contribution < 1.29 is 0 Å². The molecule has 0 aliphatic heterocycles. The van der Waals surface area contributed by atoms with E-state index in [4.69, 9.17) is 0 Å². The van der Waals surface area contributed by atoms with Gasteiger partial charge in [-0.1, -0.05) is 36.8 Å². The summed E-state index contributed by atoms with van der Waals surface area (Å²) in [6, 6.07) is 8.69. The fourth-order valence-electron chi connectivity index (χ4n) is 2.43. The molecule has 1 unspecified atom stereocenters. The molecule has 1 atom stereocenters. The molecule has 0 radical (unpaired) electrons. The van der Waals surface area contributed by atoms with Crippen LogP contribution in [0.15, 0.2) is 41.5 Å². The second-order valence-electron chi connectivity index (χ2n) is 5.44.